The van der Waals surface area contributed by atoms with Gasteiger partial charge in [-0.3, -0.25) is 19.2 Å². The maximum Gasteiger partial charge on any atom is 0.257 e. The molecule has 8 heteroatoms. The summed E-state index contributed by atoms with van der Waals surface area (Å²) in [6.07, 6.45) is 0. The molecule has 3 N–H and O–H groups in total. The Morgan fingerprint density at radius 1 is 1.06 bits per heavy atom. The van der Waals surface area contributed by atoms with Crippen LogP contribution in [0.15, 0.2) is 54.6 Å². The first-order valence-corrected chi connectivity index (χ1v) is 10.1. The number of nitrogens with two attached hydrogens (primary N) is 1. The highest BCUT2D eigenvalue weighted by atomic mass is 16.2. The Morgan fingerprint density at radius 3 is 2.35 bits per heavy atom. The number of para-hydroxylation sites is 1. The highest BCUT2D eigenvalue weighted by molar-refractivity contribution is 6.11. The summed E-state index contributed by atoms with van der Waals surface area (Å²) >= 11 is 0. The van der Waals surface area contributed by atoms with Gasteiger partial charge in [0.05, 0.1) is 17.8 Å². The van der Waals surface area contributed by atoms with Crippen molar-refractivity contribution in [2.45, 2.75) is 19.9 Å². The van der Waals surface area contributed by atoms with E-state index >= 15 is 0 Å². The normalized spacial score (nSPS) is 15.8. The Kier molecular flexibility index (Phi) is 6.69. The Morgan fingerprint density at radius 2 is 1.71 bits per heavy atom. The number of benzene rings is 2. The summed E-state index contributed by atoms with van der Waals surface area (Å²) in [6.45, 7) is 3.52. The molecule has 8 nitrogen and oxygen atoms in total. The molecule has 162 valence electrons. The van der Waals surface area contributed by atoms with Gasteiger partial charge < -0.3 is 20.9 Å². The molecule has 0 fully saturated rings. The number of hydrogen-bond acceptors (Lipinski definition) is 4. The highest BCUT2D eigenvalue weighted by Crippen LogP contribution is 2.30. The molecule has 1 atom stereocenters. The summed E-state index contributed by atoms with van der Waals surface area (Å²) in [4.78, 5) is 53.8. The molecule has 2 aromatic rings. The van der Waals surface area contributed by atoms with Gasteiger partial charge in [-0.05, 0) is 23.6 Å². The van der Waals surface area contributed by atoms with Gasteiger partial charge in [0.2, 0.25) is 11.8 Å². The predicted octanol–water partition coefficient (Wildman–Crippen LogP) is 1.79. The van der Waals surface area contributed by atoms with Gasteiger partial charge in [0.1, 0.15) is 12.6 Å². The minimum atomic E-state index is -1.00. The number of primary amides is 1. The van der Waals surface area contributed by atoms with E-state index in [1.54, 1.807) is 54.6 Å². The van der Waals surface area contributed by atoms with Crippen LogP contribution in [0, 0.1) is 5.92 Å². The van der Waals surface area contributed by atoms with Crippen molar-refractivity contribution in [3.8, 4) is 0 Å². The quantitative estimate of drug-likeness (QED) is 0.708. The van der Waals surface area contributed by atoms with E-state index in [1.807, 2.05) is 13.8 Å². The van der Waals surface area contributed by atoms with E-state index in [0.29, 0.717) is 23.4 Å². The molecule has 31 heavy (non-hydrogen) atoms. The van der Waals surface area contributed by atoms with Gasteiger partial charge in [-0.1, -0.05) is 56.3 Å². The molecule has 0 unspecified atom stereocenters. The number of nitrogens with one attached hydrogen (secondary N) is 1. The molecule has 0 radical (unpaired) electrons. The zero-order chi connectivity index (χ0) is 22.5. The lowest BCUT2D eigenvalue weighted by Gasteiger charge is -2.31. The van der Waals surface area contributed by atoms with E-state index in [1.165, 1.54) is 9.80 Å². The van der Waals surface area contributed by atoms with E-state index in [9.17, 15) is 19.2 Å². The van der Waals surface area contributed by atoms with Gasteiger partial charge in [0.25, 0.3) is 11.8 Å². The highest BCUT2D eigenvalue weighted by Gasteiger charge is 2.38. The summed E-state index contributed by atoms with van der Waals surface area (Å²) in [7, 11) is 0. The van der Waals surface area contributed by atoms with Gasteiger partial charge in [0.15, 0.2) is 0 Å². The second-order valence-electron chi connectivity index (χ2n) is 7.92. The topological polar surface area (TPSA) is 113 Å². The van der Waals surface area contributed by atoms with Crippen LogP contribution < -0.4 is 11.1 Å². The molecule has 0 saturated heterocycles. The summed E-state index contributed by atoms with van der Waals surface area (Å²) in [5.41, 5.74) is 6.59. The molecule has 0 aliphatic carbocycles. The number of carbonyl (C=O) groups is 4. The Labute approximate surface area is 181 Å². The SMILES string of the molecule is CC(C)CN(CC(N)=O)C(=O)CN1C(=O)c2ccccc2NC(=O)[C@@H]1c1ccccc1. The third kappa shape index (κ3) is 5.09. The fraction of sp³-hybridized carbons (Fsp3) is 0.304. The first kappa shape index (κ1) is 22.0. The van der Waals surface area contributed by atoms with Crippen LogP contribution in [0.1, 0.15) is 35.8 Å². The molecule has 1 heterocycles. The fourth-order valence-corrected chi connectivity index (χ4v) is 3.65. The van der Waals surface area contributed by atoms with Crippen molar-refractivity contribution in [2.24, 2.45) is 11.7 Å². The summed E-state index contributed by atoms with van der Waals surface area (Å²) in [5.74, 6) is -1.85. The maximum atomic E-state index is 13.4. The molecular formula is C23H26N4O4. The average Bonchev–Trinajstić information content (AvgIpc) is 2.82. The van der Waals surface area contributed by atoms with Crippen molar-refractivity contribution in [3.63, 3.8) is 0 Å². The van der Waals surface area contributed by atoms with Crippen LogP contribution in [0.3, 0.4) is 0 Å². The van der Waals surface area contributed by atoms with Crippen molar-refractivity contribution >= 4 is 29.3 Å². The van der Waals surface area contributed by atoms with Crippen LogP contribution in [-0.2, 0) is 14.4 Å². The number of fused-ring (bicyclic) bond motifs is 1. The number of rotatable bonds is 7. The lowest BCUT2D eigenvalue weighted by molar-refractivity contribution is -0.137. The summed E-state index contributed by atoms with van der Waals surface area (Å²) in [6, 6.07) is 14.5. The number of amides is 4. The smallest absolute Gasteiger partial charge is 0.257 e. The van der Waals surface area contributed by atoms with Gasteiger partial charge in [-0.15, -0.1) is 0 Å². The zero-order valence-corrected chi connectivity index (χ0v) is 17.6. The van der Waals surface area contributed by atoms with Gasteiger partial charge in [-0.2, -0.15) is 0 Å². The average molecular weight is 422 g/mol. The molecule has 2 aromatic carbocycles. The first-order valence-electron chi connectivity index (χ1n) is 10.1. The minimum Gasteiger partial charge on any atom is -0.368 e. The zero-order valence-electron chi connectivity index (χ0n) is 17.6. The standard InChI is InChI=1S/C23H26N4O4/c1-15(2)12-26(13-19(24)28)20(29)14-27-21(16-8-4-3-5-9-16)22(30)25-18-11-7-6-10-17(18)23(27)31/h3-11,15,21H,12-14H2,1-2H3,(H2,24,28)(H,25,30)/t21-/m0/s1. The lowest BCUT2D eigenvalue weighted by Crippen LogP contribution is -2.48. The second-order valence-corrected chi connectivity index (χ2v) is 7.92. The Hall–Kier alpha value is -3.68. The third-order valence-corrected chi connectivity index (χ3v) is 4.94. The second kappa shape index (κ2) is 9.42. The van der Waals surface area contributed by atoms with Crippen LogP contribution in [0.2, 0.25) is 0 Å². The van der Waals surface area contributed by atoms with Crippen molar-refractivity contribution in [3.05, 3.63) is 65.7 Å². The van der Waals surface area contributed by atoms with Crippen LogP contribution in [0.5, 0.6) is 0 Å². The van der Waals surface area contributed by atoms with Gasteiger partial charge in [0, 0.05) is 6.54 Å². The summed E-state index contributed by atoms with van der Waals surface area (Å²) < 4.78 is 0. The molecule has 0 saturated carbocycles. The van der Waals surface area contributed by atoms with Crippen LogP contribution in [0.25, 0.3) is 0 Å². The number of anilines is 1. The first-order chi connectivity index (χ1) is 14.8. The van der Waals surface area contributed by atoms with E-state index in [2.05, 4.69) is 5.32 Å². The summed E-state index contributed by atoms with van der Waals surface area (Å²) in [5, 5.41) is 2.80. The minimum absolute atomic E-state index is 0.0945. The molecular weight excluding hydrogens is 396 g/mol. The van der Waals surface area contributed by atoms with E-state index in [4.69, 9.17) is 5.73 Å². The van der Waals surface area contributed by atoms with Crippen LogP contribution in [0.4, 0.5) is 5.69 Å². The number of nitrogens with zero attached hydrogens (tertiary/aromatic N) is 2. The van der Waals surface area contributed by atoms with Crippen molar-refractivity contribution in [2.75, 3.05) is 25.0 Å². The molecule has 3 rings (SSSR count). The van der Waals surface area contributed by atoms with E-state index in [-0.39, 0.29) is 19.0 Å². The molecule has 0 aromatic heterocycles. The van der Waals surface area contributed by atoms with Crippen molar-refractivity contribution in [1.82, 2.24) is 9.80 Å². The molecule has 1 aliphatic heterocycles. The Balaban J connectivity index is 2.01. The molecule has 0 bridgehead atoms. The van der Waals surface area contributed by atoms with Crippen LogP contribution in [-0.4, -0.2) is 53.1 Å². The maximum absolute atomic E-state index is 13.4. The van der Waals surface area contributed by atoms with Gasteiger partial charge >= 0.3 is 0 Å². The van der Waals surface area contributed by atoms with E-state index < -0.39 is 29.7 Å². The molecule has 4 amide bonds. The lowest BCUT2D eigenvalue weighted by atomic mass is 10.0. The molecule has 1 aliphatic rings. The fourth-order valence-electron chi connectivity index (χ4n) is 3.65. The monoisotopic (exact) mass is 422 g/mol. The van der Waals surface area contributed by atoms with Gasteiger partial charge in [-0.25, -0.2) is 0 Å². The number of carbonyl (C=O) groups excluding carboxylic acids is 4. The Bertz CT molecular complexity index is 990. The largest absolute Gasteiger partial charge is 0.368 e. The van der Waals surface area contributed by atoms with Crippen molar-refractivity contribution in [1.29, 1.82) is 0 Å². The van der Waals surface area contributed by atoms with Crippen molar-refractivity contribution < 1.29 is 19.2 Å². The van der Waals surface area contributed by atoms with E-state index in [0.717, 1.165) is 0 Å². The third-order valence-electron chi connectivity index (χ3n) is 4.94. The predicted molar refractivity (Wildman–Crippen MR) is 116 cm³/mol. The number of hydrogen-bond donors (Lipinski definition) is 2. The molecule has 0 spiro atoms. The van der Waals surface area contributed by atoms with Crippen LogP contribution >= 0.6 is 0 Å².